The Morgan fingerprint density at radius 2 is 1.92 bits per heavy atom. The maximum absolute atomic E-state index is 13.2. The van der Waals surface area contributed by atoms with Crippen LogP contribution in [0.5, 0.6) is 0 Å². The van der Waals surface area contributed by atoms with Gasteiger partial charge in [-0.25, -0.2) is 17.5 Å². The molecule has 0 bridgehead atoms. The molecule has 1 aliphatic heterocycles. The van der Waals surface area contributed by atoms with Gasteiger partial charge >= 0.3 is 0 Å². The van der Waals surface area contributed by atoms with E-state index in [1.807, 2.05) is 6.07 Å². The molecule has 3 rings (SSSR count). The molecule has 4 nitrogen and oxygen atoms in total. The zero-order valence-corrected chi connectivity index (χ0v) is 15.8. The monoisotopic (exact) mass is 376 g/mol. The van der Waals surface area contributed by atoms with Crippen molar-refractivity contribution in [2.24, 2.45) is 0 Å². The van der Waals surface area contributed by atoms with Gasteiger partial charge in [0.2, 0.25) is 10.0 Å². The summed E-state index contributed by atoms with van der Waals surface area (Å²) in [7, 11) is -3.36. The fourth-order valence-electron chi connectivity index (χ4n) is 3.28. The highest BCUT2D eigenvalue weighted by Crippen LogP contribution is 2.24. The van der Waals surface area contributed by atoms with Crippen LogP contribution in [0.4, 0.5) is 4.39 Å². The van der Waals surface area contributed by atoms with Gasteiger partial charge in [-0.05, 0) is 67.1 Å². The lowest BCUT2D eigenvalue weighted by molar-refractivity contribution is 0.555. The minimum Gasteiger partial charge on any atom is -0.313 e. The van der Waals surface area contributed by atoms with E-state index in [9.17, 15) is 12.8 Å². The third-order valence-electron chi connectivity index (χ3n) is 4.80. The number of aryl methyl sites for hydroxylation is 1. The van der Waals surface area contributed by atoms with Gasteiger partial charge in [-0.1, -0.05) is 30.3 Å². The molecular weight excluding hydrogens is 351 g/mol. The Labute approximate surface area is 154 Å². The molecular formula is C20H25FN2O2S. The summed E-state index contributed by atoms with van der Waals surface area (Å²) in [4.78, 5) is 0. The molecule has 0 aliphatic carbocycles. The molecule has 1 unspecified atom stereocenters. The van der Waals surface area contributed by atoms with Gasteiger partial charge in [0.05, 0.1) is 11.8 Å². The molecule has 26 heavy (non-hydrogen) atoms. The largest absolute Gasteiger partial charge is 0.313 e. The van der Waals surface area contributed by atoms with Crippen LogP contribution in [-0.2, 0) is 29.4 Å². The number of benzene rings is 2. The molecule has 1 heterocycles. The summed E-state index contributed by atoms with van der Waals surface area (Å²) in [5.41, 5.74) is 4.37. The molecule has 0 spiro atoms. The molecule has 0 radical (unpaired) electrons. The summed E-state index contributed by atoms with van der Waals surface area (Å²) in [6.45, 7) is 3.41. The standard InChI is InChI=1S/C20H25FN2O2S/c1-2-26(24,25)23-20(12-15-5-9-19(21)10-6-15)17-8-7-16-4-3-11-22-14-18(16)13-17/h5-10,13,20,22-23H,2-4,11-12,14H2,1H3. The third kappa shape index (κ3) is 4.90. The van der Waals surface area contributed by atoms with Crippen molar-refractivity contribution < 1.29 is 12.8 Å². The number of hydrogen-bond acceptors (Lipinski definition) is 3. The Bertz CT molecular complexity index is 851. The summed E-state index contributed by atoms with van der Waals surface area (Å²) in [5.74, 6) is -0.269. The molecule has 1 atom stereocenters. The van der Waals surface area contributed by atoms with Crippen molar-refractivity contribution in [3.8, 4) is 0 Å². The van der Waals surface area contributed by atoms with Gasteiger partial charge < -0.3 is 5.32 Å². The van der Waals surface area contributed by atoms with Crippen molar-refractivity contribution in [2.75, 3.05) is 12.3 Å². The summed E-state index contributed by atoms with van der Waals surface area (Å²) >= 11 is 0. The van der Waals surface area contributed by atoms with Gasteiger partial charge in [-0.3, -0.25) is 0 Å². The SMILES string of the molecule is CCS(=O)(=O)NC(Cc1ccc(F)cc1)c1ccc2c(c1)CNCCC2. The highest BCUT2D eigenvalue weighted by molar-refractivity contribution is 7.89. The van der Waals surface area contributed by atoms with Crippen LogP contribution in [-0.4, -0.2) is 20.7 Å². The van der Waals surface area contributed by atoms with E-state index in [1.165, 1.54) is 23.3 Å². The van der Waals surface area contributed by atoms with E-state index in [1.54, 1.807) is 19.1 Å². The van der Waals surface area contributed by atoms with Crippen molar-refractivity contribution in [3.63, 3.8) is 0 Å². The van der Waals surface area contributed by atoms with E-state index in [2.05, 4.69) is 22.2 Å². The van der Waals surface area contributed by atoms with Crippen LogP contribution in [0.2, 0.25) is 0 Å². The molecule has 0 fully saturated rings. The molecule has 2 N–H and O–H groups in total. The number of halogens is 1. The van der Waals surface area contributed by atoms with E-state index in [0.29, 0.717) is 6.42 Å². The van der Waals surface area contributed by atoms with Gasteiger partial charge in [0.25, 0.3) is 0 Å². The third-order valence-corrected chi connectivity index (χ3v) is 6.21. The number of nitrogens with one attached hydrogen (secondary N) is 2. The van der Waals surface area contributed by atoms with Crippen molar-refractivity contribution in [1.29, 1.82) is 0 Å². The van der Waals surface area contributed by atoms with E-state index in [4.69, 9.17) is 0 Å². The smallest absolute Gasteiger partial charge is 0.211 e. The van der Waals surface area contributed by atoms with Crippen LogP contribution in [0.3, 0.4) is 0 Å². The zero-order chi connectivity index (χ0) is 18.6. The Kier molecular flexibility index (Phi) is 6.06. The van der Waals surface area contributed by atoms with Crippen molar-refractivity contribution in [2.45, 2.75) is 38.8 Å². The van der Waals surface area contributed by atoms with Crippen LogP contribution in [0.1, 0.15) is 41.6 Å². The molecule has 0 amide bonds. The van der Waals surface area contributed by atoms with Gasteiger partial charge in [0, 0.05) is 6.54 Å². The topological polar surface area (TPSA) is 58.2 Å². The van der Waals surface area contributed by atoms with E-state index in [-0.39, 0.29) is 17.6 Å². The predicted molar refractivity (Wildman–Crippen MR) is 102 cm³/mol. The molecule has 2 aromatic rings. The first-order valence-corrected chi connectivity index (χ1v) is 10.7. The fourth-order valence-corrected chi connectivity index (χ4v) is 4.10. The molecule has 0 saturated carbocycles. The number of sulfonamides is 1. The van der Waals surface area contributed by atoms with Crippen molar-refractivity contribution in [3.05, 3.63) is 70.5 Å². The minimum atomic E-state index is -3.36. The molecule has 2 aromatic carbocycles. The second-order valence-electron chi connectivity index (χ2n) is 6.71. The normalized spacial score (nSPS) is 15.9. The van der Waals surface area contributed by atoms with E-state index < -0.39 is 10.0 Å². The predicted octanol–water partition coefficient (Wildman–Crippen LogP) is 3.08. The van der Waals surface area contributed by atoms with Crippen LogP contribution >= 0.6 is 0 Å². The molecule has 0 aromatic heterocycles. The Morgan fingerprint density at radius 1 is 1.15 bits per heavy atom. The Morgan fingerprint density at radius 3 is 2.65 bits per heavy atom. The lowest BCUT2D eigenvalue weighted by atomic mass is 9.95. The molecule has 140 valence electrons. The Hall–Kier alpha value is -1.76. The van der Waals surface area contributed by atoms with Crippen molar-refractivity contribution in [1.82, 2.24) is 10.0 Å². The van der Waals surface area contributed by atoms with Crippen LogP contribution in [0, 0.1) is 5.82 Å². The second kappa shape index (κ2) is 8.29. The summed E-state index contributed by atoms with van der Waals surface area (Å²) in [6.07, 6.45) is 2.62. The lowest BCUT2D eigenvalue weighted by Gasteiger charge is -2.21. The van der Waals surface area contributed by atoms with Crippen molar-refractivity contribution >= 4 is 10.0 Å². The first-order valence-electron chi connectivity index (χ1n) is 9.03. The van der Waals surface area contributed by atoms with Gasteiger partial charge in [-0.15, -0.1) is 0 Å². The average Bonchev–Trinajstić information content (AvgIpc) is 2.87. The first-order chi connectivity index (χ1) is 12.5. The maximum Gasteiger partial charge on any atom is 0.211 e. The second-order valence-corrected chi connectivity index (χ2v) is 8.76. The minimum absolute atomic E-state index is 0.0272. The molecule has 6 heteroatoms. The van der Waals surface area contributed by atoms with Gasteiger partial charge in [0.15, 0.2) is 0 Å². The van der Waals surface area contributed by atoms with E-state index >= 15 is 0 Å². The molecule has 0 saturated heterocycles. The Balaban J connectivity index is 1.91. The first kappa shape index (κ1) is 19.0. The van der Waals surface area contributed by atoms with Gasteiger partial charge in [-0.2, -0.15) is 0 Å². The number of hydrogen-bond donors (Lipinski definition) is 2. The average molecular weight is 376 g/mol. The zero-order valence-electron chi connectivity index (χ0n) is 15.0. The van der Waals surface area contributed by atoms with Gasteiger partial charge in [0.1, 0.15) is 5.82 Å². The van der Waals surface area contributed by atoms with E-state index in [0.717, 1.165) is 37.1 Å². The maximum atomic E-state index is 13.2. The van der Waals surface area contributed by atoms with Crippen LogP contribution in [0.15, 0.2) is 42.5 Å². The summed E-state index contributed by atoms with van der Waals surface area (Å²) in [6, 6.07) is 12.1. The quantitative estimate of drug-likeness (QED) is 0.815. The summed E-state index contributed by atoms with van der Waals surface area (Å²) in [5, 5.41) is 3.40. The lowest BCUT2D eigenvalue weighted by Crippen LogP contribution is -2.31. The highest BCUT2D eigenvalue weighted by atomic mass is 32.2. The fraction of sp³-hybridized carbons (Fsp3) is 0.400. The highest BCUT2D eigenvalue weighted by Gasteiger charge is 2.20. The summed E-state index contributed by atoms with van der Waals surface area (Å²) < 4.78 is 40.4. The molecule has 1 aliphatic rings. The number of rotatable bonds is 6. The van der Waals surface area contributed by atoms with Crippen LogP contribution < -0.4 is 10.0 Å². The van der Waals surface area contributed by atoms with Crippen LogP contribution in [0.25, 0.3) is 0 Å². The number of fused-ring (bicyclic) bond motifs is 1.